The van der Waals surface area contributed by atoms with E-state index in [0.717, 1.165) is 56.0 Å². The molecule has 1 N–H and O–H groups in total. The third kappa shape index (κ3) is 4.09. The number of thiophene rings is 1. The summed E-state index contributed by atoms with van der Waals surface area (Å²) >= 11 is 3.11. The molecule has 1 aliphatic carbocycles. The van der Waals surface area contributed by atoms with Gasteiger partial charge >= 0.3 is 0 Å². The van der Waals surface area contributed by atoms with Crippen molar-refractivity contribution in [2.24, 2.45) is 0 Å². The van der Waals surface area contributed by atoms with E-state index < -0.39 is 0 Å². The number of amides is 1. The van der Waals surface area contributed by atoms with Crippen molar-refractivity contribution in [2.45, 2.75) is 70.5 Å². The lowest BCUT2D eigenvalue weighted by atomic mass is 10.1. The minimum atomic E-state index is -0.0328. The largest absolute Gasteiger partial charge is 0.351 e. The maximum absolute atomic E-state index is 12.8. The second-order valence-electron chi connectivity index (χ2n) is 7.86. The van der Waals surface area contributed by atoms with E-state index in [-0.39, 0.29) is 5.91 Å². The van der Waals surface area contributed by atoms with Crippen molar-refractivity contribution in [1.29, 1.82) is 0 Å². The number of aromatic nitrogens is 5. The van der Waals surface area contributed by atoms with Crippen molar-refractivity contribution >= 4 is 39.2 Å². The van der Waals surface area contributed by atoms with Crippen LogP contribution in [0.4, 0.5) is 0 Å². The first-order chi connectivity index (χ1) is 14.5. The van der Waals surface area contributed by atoms with Crippen LogP contribution in [0.1, 0.15) is 70.7 Å². The molecule has 3 aromatic rings. The van der Waals surface area contributed by atoms with Gasteiger partial charge in [0.1, 0.15) is 16.5 Å². The molecule has 3 heterocycles. The Labute approximate surface area is 185 Å². The number of carbonyl (C=O) groups is 1. The van der Waals surface area contributed by atoms with Crippen LogP contribution in [0.2, 0.25) is 0 Å². The molecule has 0 atom stereocenters. The number of carbonyl (C=O) groups excluding carboxylic acids is 1. The van der Waals surface area contributed by atoms with E-state index in [2.05, 4.69) is 36.3 Å². The van der Waals surface area contributed by atoms with Gasteiger partial charge in [0.25, 0.3) is 5.91 Å². The predicted molar refractivity (Wildman–Crippen MR) is 122 cm³/mol. The van der Waals surface area contributed by atoms with Crippen LogP contribution in [-0.4, -0.2) is 43.4 Å². The highest BCUT2D eigenvalue weighted by Crippen LogP contribution is 2.34. The number of rotatable bonds is 7. The van der Waals surface area contributed by atoms with E-state index in [1.54, 1.807) is 11.8 Å². The summed E-state index contributed by atoms with van der Waals surface area (Å²) in [7, 11) is 0. The average Bonchev–Trinajstić information content (AvgIpc) is 3.43. The van der Waals surface area contributed by atoms with Gasteiger partial charge in [-0.15, -0.1) is 21.5 Å². The highest BCUT2D eigenvalue weighted by molar-refractivity contribution is 7.98. The Balaban J connectivity index is 1.39. The third-order valence-electron chi connectivity index (χ3n) is 5.76. The number of thioether (sulfide) groups is 1. The van der Waals surface area contributed by atoms with Gasteiger partial charge in [-0.2, -0.15) is 0 Å². The first-order valence-corrected chi connectivity index (χ1v) is 12.5. The second-order valence-corrected chi connectivity index (χ2v) is 9.64. The summed E-state index contributed by atoms with van der Waals surface area (Å²) in [6, 6.07) is 0.529. The molecule has 0 saturated heterocycles. The monoisotopic (exact) mass is 444 g/mol. The molecule has 160 valence electrons. The summed E-state index contributed by atoms with van der Waals surface area (Å²) < 4.78 is 2.33. The maximum Gasteiger partial charge on any atom is 0.261 e. The maximum atomic E-state index is 12.8. The first kappa shape index (κ1) is 21.2. The van der Waals surface area contributed by atoms with E-state index in [4.69, 9.17) is 0 Å². The van der Waals surface area contributed by atoms with E-state index in [1.807, 2.05) is 20.8 Å². The van der Waals surface area contributed by atoms with Crippen LogP contribution >= 0.6 is 23.1 Å². The quantitative estimate of drug-likeness (QED) is 0.429. The number of nitrogens with zero attached hydrogens (tertiary/aromatic N) is 5. The minimum absolute atomic E-state index is 0.0328. The molecule has 7 nitrogen and oxygen atoms in total. The minimum Gasteiger partial charge on any atom is -0.351 e. The standard InChI is InChI=1S/C21H28N6OS2/c1-12-17-13(2)23-14(3)24-20(17)30-18(12)19(28)22-11-7-10-16-25-26-21(29-4)27(16)15-8-5-6-9-15/h15H,5-11H2,1-4H3,(H,22,28). The molecule has 0 unspecified atom stereocenters. The summed E-state index contributed by atoms with van der Waals surface area (Å²) in [5.74, 6) is 1.75. The molecular formula is C21H28N6OS2. The first-order valence-electron chi connectivity index (χ1n) is 10.5. The Morgan fingerprint density at radius 2 is 1.97 bits per heavy atom. The molecule has 4 rings (SSSR count). The predicted octanol–water partition coefficient (Wildman–Crippen LogP) is 4.41. The Morgan fingerprint density at radius 1 is 1.20 bits per heavy atom. The number of aryl methyl sites for hydroxylation is 4. The zero-order valence-electron chi connectivity index (χ0n) is 18.0. The molecular weight excluding hydrogens is 416 g/mol. The number of hydrogen-bond acceptors (Lipinski definition) is 7. The Bertz CT molecular complexity index is 1070. The van der Waals surface area contributed by atoms with Gasteiger partial charge in [0.15, 0.2) is 5.16 Å². The van der Waals surface area contributed by atoms with Crippen LogP contribution in [0.15, 0.2) is 5.16 Å². The molecule has 0 radical (unpaired) electrons. The van der Waals surface area contributed by atoms with Crippen LogP contribution in [0.25, 0.3) is 10.2 Å². The molecule has 1 amide bonds. The summed E-state index contributed by atoms with van der Waals surface area (Å²) in [6.07, 6.45) is 8.70. The fourth-order valence-electron chi connectivity index (χ4n) is 4.37. The van der Waals surface area contributed by atoms with E-state index in [9.17, 15) is 4.79 Å². The molecule has 0 bridgehead atoms. The topological polar surface area (TPSA) is 85.6 Å². The second kappa shape index (κ2) is 9.01. The summed E-state index contributed by atoms with van der Waals surface area (Å²) in [5, 5.41) is 13.9. The van der Waals surface area contributed by atoms with Crippen molar-refractivity contribution in [3.8, 4) is 0 Å². The summed E-state index contributed by atoms with van der Waals surface area (Å²) in [4.78, 5) is 23.3. The van der Waals surface area contributed by atoms with Crippen LogP contribution < -0.4 is 5.32 Å². The van der Waals surface area contributed by atoms with Gasteiger partial charge in [-0.1, -0.05) is 24.6 Å². The lowest BCUT2D eigenvalue weighted by Gasteiger charge is -2.16. The molecule has 3 aromatic heterocycles. The van der Waals surface area contributed by atoms with Gasteiger partial charge < -0.3 is 9.88 Å². The van der Waals surface area contributed by atoms with Crippen molar-refractivity contribution in [3.63, 3.8) is 0 Å². The lowest BCUT2D eigenvalue weighted by molar-refractivity contribution is 0.0956. The van der Waals surface area contributed by atoms with E-state index in [0.29, 0.717) is 12.6 Å². The zero-order valence-corrected chi connectivity index (χ0v) is 19.6. The highest BCUT2D eigenvalue weighted by Gasteiger charge is 2.23. The zero-order chi connectivity index (χ0) is 21.3. The van der Waals surface area contributed by atoms with E-state index >= 15 is 0 Å². The lowest BCUT2D eigenvalue weighted by Crippen LogP contribution is -2.25. The van der Waals surface area contributed by atoms with Gasteiger partial charge in [-0.25, -0.2) is 9.97 Å². The summed E-state index contributed by atoms with van der Waals surface area (Å²) in [6.45, 7) is 6.45. The normalized spacial score (nSPS) is 14.7. The van der Waals surface area contributed by atoms with Gasteiger partial charge in [0.05, 0.1) is 4.88 Å². The van der Waals surface area contributed by atoms with Crippen molar-refractivity contribution in [1.82, 2.24) is 30.0 Å². The van der Waals surface area contributed by atoms with Crippen LogP contribution in [-0.2, 0) is 6.42 Å². The van der Waals surface area contributed by atoms with Crippen molar-refractivity contribution < 1.29 is 4.79 Å². The smallest absolute Gasteiger partial charge is 0.261 e. The molecule has 0 aromatic carbocycles. The van der Waals surface area contributed by atoms with Gasteiger partial charge in [0.2, 0.25) is 0 Å². The molecule has 1 fully saturated rings. The van der Waals surface area contributed by atoms with Crippen LogP contribution in [0, 0.1) is 20.8 Å². The molecule has 9 heteroatoms. The molecule has 30 heavy (non-hydrogen) atoms. The molecule has 0 aliphatic heterocycles. The van der Waals surface area contributed by atoms with Crippen LogP contribution in [0.3, 0.4) is 0 Å². The SMILES string of the molecule is CSc1nnc(CCCNC(=O)c2sc3nc(C)nc(C)c3c2C)n1C1CCCC1. The highest BCUT2D eigenvalue weighted by atomic mass is 32.2. The number of fused-ring (bicyclic) bond motifs is 1. The van der Waals surface area contributed by atoms with Gasteiger partial charge in [-0.05, 0) is 51.9 Å². The Morgan fingerprint density at radius 3 is 2.70 bits per heavy atom. The third-order valence-corrected chi connectivity index (χ3v) is 7.59. The Hall–Kier alpha value is -2.00. The molecule has 1 saturated carbocycles. The van der Waals surface area contributed by atoms with Crippen LogP contribution in [0.5, 0.6) is 0 Å². The number of hydrogen-bond donors (Lipinski definition) is 1. The van der Waals surface area contributed by atoms with Gasteiger partial charge in [-0.3, -0.25) is 4.79 Å². The van der Waals surface area contributed by atoms with Crippen molar-refractivity contribution in [2.75, 3.05) is 12.8 Å². The fourth-order valence-corrected chi connectivity index (χ4v) is 6.13. The number of nitrogens with one attached hydrogen (secondary N) is 1. The summed E-state index contributed by atoms with van der Waals surface area (Å²) in [5.41, 5.74) is 1.90. The van der Waals surface area contributed by atoms with Gasteiger partial charge in [0, 0.05) is 30.1 Å². The molecule has 1 aliphatic rings. The molecule has 0 spiro atoms. The van der Waals surface area contributed by atoms with E-state index in [1.165, 1.54) is 37.0 Å². The Kier molecular flexibility index (Phi) is 6.38. The average molecular weight is 445 g/mol. The fraction of sp³-hybridized carbons (Fsp3) is 0.571. The van der Waals surface area contributed by atoms with Crippen molar-refractivity contribution in [3.05, 3.63) is 27.8 Å².